The van der Waals surface area contributed by atoms with Crippen molar-refractivity contribution in [2.24, 2.45) is 0 Å². The summed E-state index contributed by atoms with van der Waals surface area (Å²) in [5.74, 6) is 0.457. The quantitative estimate of drug-likeness (QED) is 0.700. The van der Waals surface area contributed by atoms with E-state index in [9.17, 15) is 4.39 Å². The van der Waals surface area contributed by atoms with Crippen LogP contribution < -0.4 is 4.74 Å². The van der Waals surface area contributed by atoms with Gasteiger partial charge in [0.05, 0.1) is 12.5 Å². The second-order valence-corrected chi connectivity index (χ2v) is 4.15. The van der Waals surface area contributed by atoms with Crippen LogP contribution >= 0.6 is 11.6 Å². The number of benzene rings is 1. The summed E-state index contributed by atoms with van der Waals surface area (Å²) in [6.45, 7) is 0. The number of halogens is 2. The van der Waals surface area contributed by atoms with E-state index in [0.717, 1.165) is 24.0 Å². The van der Waals surface area contributed by atoms with Crippen LogP contribution in [-0.2, 0) is 0 Å². The zero-order valence-corrected chi connectivity index (χ0v) is 9.22. The molecule has 0 saturated heterocycles. The summed E-state index contributed by atoms with van der Waals surface area (Å²) in [7, 11) is 1.59. The van der Waals surface area contributed by atoms with Crippen LogP contribution in [0.1, 0.15) is 18.4 Å². The Balaban J connectivity index is 2.42. The van der Waals surface area contributed by atoms with Gasteiger partial charge in [-0.25, -0.2) is 4.39 Å². The van der Waals surface area contributed by atoms with E-state index in [2.05, 4.69) is 0 Å². The van der Waals surface area contributed by atoms with Gasteiger partial charge in [0.15, 0.2) is 0 Å². The lowest BCUT2D eigenvalue weighted by Gasteiger charge is -2.08. The Hall–Kier alpha value is -1.02. The predicted molar refractivity (Wildman–Crippen MR) is 59.8 cm³/mol. The summed E-state index contributed by atoms with van der Waals surface area (Å²) in [5.41, 5.74) is 1.90. The van der Waals surface area contributed by atoms with Crippen LogP contribution in [0.3, 0.4) is 0 Å². The van der Waals surface area contributed by atoms with Gasteiger partial charge in [-0.2, -0.15) is 0 Å². The largest absolute Gasteiger partial charge is 0.496 e. The van der Waals surface area contributed by atoms with Gasteiger partial charge in [0.2, 0.25) is 0 Å². The smallest absolute Gasteiger partial charge is 0.126 e. The molecule has 80 valence electrons. The minimum absolute atomic E-state index is 0.0629. The van der Waals surface area contributed by atoms with Crippen molar-refractivity contribution in [3.8, 4) is 5.75 Å². The molecule has 15 heavy (non-hydrogen) atoms. The predicted octanol–water partition coefficient (Wildman–Crippen LogP) is 3.62. The average molecular weight is 227 g/mol. The molecule has 0 amide bonds. The molecule has 1 aromatic carbocycles. The molecule has 1 aliphatic carbocycles. The SMILES string of the molecule is COc1ccc(F)cc1C1=CC(Cl)CC1. The molecule has 0 aromatic heterocycles. The van der Waals surface area contributed by atoms with E-state index in [1.807, 2.05) is 6.08 Å². The highest BCUT2D eigenvalue weighted by Gasteiger charge is 2.17. The number of rotatable bonds is 2. The first-order valence-corrected chi connectivity index (χ1v) is 5.33. The van der Waals surface area contributed by atoms with Gasteiger partial charge in [-0.05, 0) is 36.6 Å². The molecule has 0 saturated carbocycles. The van der Waals surface area contributed by atoms with Gasteiger partial charge in [0.25, 0.3) is 0 Å². The molecule has 0 radical (unpaired) electrons. The van der Waals surface area contributed by atoms with Crippen molar-refractivity contribution in [1.82, 2.24) is 0 Å². The highest BCUT2D eigenvalue weighted by molar-refractivity contribution is 6.22. The van der Waals surface area contributed by atoms with Crippen LogP contribution in [-0.4, -0.2) is 12.5 Å². The molecule has 1 aliphatic rings. The molecule has 2 rings (SSSR count). The molecule has 1 unspecified atom stereocenters. The molecular weight excluding hydrogens is 215 g/mol. The van der Waals surface area contributed by atoms with E-state index in [0.29, 0.717) is 5.75 Å². The van der Waals surface area contributed by atoms with E-state index in [-0.39, 0.29) is 11.2 Å². The fourth-order valence-electron chi connectivity index (χ4n) is 1.83. The fourth-order valence-corrected chi connectivity index (χ4v) is 2.10. The monoisotopic (exact) mass is 226 g/mol. The molecule has 0 bridgehead atoms. The topological polar surface area (TPSA) is 9.23 Å². The van der Waals surface area contributed by atoms with Crippen LogP contribution in [0.25, 0.3) is 5.57 Å². The summed E-state index contributed by atoms with van der Waals surface area (Å²) in [4.78, 5) is 0. The maximum absolute atomic E-state index is 13.1. The summed E-state index contributed by atoms with van der Waals surface area (Å²) in [6, 6.07) is 4.54. The van der Waals surface area contributed by atoms with Gasteiger partial charge < -0.3 is 4.74 Å². The van der Waals surface area contributed by atoms with Crippen LogP contribution in [0.4, 0.5) is 4.39 Å². The highest BCUT2D eigenvalue weighted by atomic mass is 35.5. The van der Waals surface area contributed by atoms with Crippen LogP contribution in [0.5, 0.6) is 5.75 Å². The lowest BCUT2D eigenvalue weighted by Crippen LogP contribution is -1.91. The summed E-state index contributed by atoms with van der Waals surface area (Å²) >= 11 is 5.98. The fraction of sp³-hybridized carbons (Fsp3) is 0.333. The Kier molecular flexibility index (Phi) is 2.96. The van der Waals surface area contributed by atoms with Crippen molar-refractivity contribution in [3.63, 3.8) is 0 Å². The Bertz CT molecular complexity index is 401. The van der Waals surface area contributed by atoms with Gasteiger partial charge in [-0.3, -0.25) is 0 Å². The van der Waals surface area contributed by atoms with Crippen LogP contribution in [0.2, 0.25) is 0 Å². The first-order valence-electron chi connectivity index (χ1n) is 4.89. The molecule has 0 aliphatic heterocycles. The van der Waals surface area contributed by atoms with Gasteiger partial charge in [-0.15, -0.1) is 11.6 Å². The number of hydrogen-bond donors (Lipinski definition) is 0. The number of alkyl halides is 1. The minimum Gasteiger partial charge on any atom is -0.496 e. The van der Waals surface area contributed by atoms with Gasteiger partial charge in [0, 0.05) is 5.56 Å². The van der Waals surface area contributed by atoms with Crippen molar-refractivity contribution in [1.29, 1.82) is 0 Å². The normalized spacial score (nSPS) is 20.2. The van der Waals surface area contributed by atoms with E-state index in [1.54, 1.807) is 13.2 Å². The standard InChI is InChI=1S/C12H12ClFO/c1-15-12-5-4-10(14)7-11(12)8-2-3-9(13)6-8/h4-7,9H,2-3H2,1H3. The lowest BCUT2D eigenvalue weighted by atomic mass is 10.0. The van der Waals surface area contributed by atoms with E-state index < -0.39 is 0 Å². The molecule has 3 heteroatoms. The Labute approximate surface area is 93.5 Å². The average Bonchev–Trinajstić information content (AvgIpc) is 2.65. The Morgan fingerprint density at radius 2 is 2.27 bits per heavy atom. The molecule has 0 spiro atoms. The second-order valence-electron chi connectivity index (χ2n) is 3.59. The summed E-state index contributed by atoms with van der Waals surface area (Å²) in [5, 5.41) is 0.0629. The van der Waals surface area contributed by atoms with Crippen molar-refractivity contribution in [3.05, 3.63) is 35.7 Å². The van der Waals surface area contributed by atoms with Crippen LogP contribution in [0.15, 0.2) is 24.3 Å². The molecule has 0 N–H and O–H groups in total. The number of hydrogen-bond acceptors (Lipinski definition) is 1. The highest BCUT2D eigenvalue weighted by Crippen LogP contribution is 2.35. The van der Waals surface area contributed by atoms with E-state index in [4.69, 9.17) is 16.3 Å². The summed E-state index contributed by atoms with van der Waals surface area (Å²) in [6.07, 6.45) is 3.77. The van der Waals surface area contributed by atoms with Gasteiger partial charge >= 0.3 is 0 Å². The Morgan fingerprint density at radius 3 is 2.87 bits per heavy atom. The Morgan fingerprint density at radius 1 is 1.47 bits per heavy atom. The number of allylic oxidation sites excluding steroid dienone is 2. The minimum atomic E-state index is -0.246. The molecular formula is C12H12ClFO. The molecule has 1 aromatic rings. The third kappa shape index (κ3) is 2.15. The lowest BCUT2D eigenvalue weighted by molar-refractivity contribution is 0.412. The number of ether oxygens (including phenoxy) is 1. The second kappa shape index (κ2) is 4.23. The molecule has 0 fully saturated rings. The zero-order chi connectivity index (χ0) is 10.8. The van der Waals surface area contributed by atoms with Crippen molar-refractivity contribution in [2.75, 3.05) is 7.11 Å². The maximum atomic E-state index is 13.1. The third-order valence-electron chi connectivity index (χ3n) is 2.58. The third-order valence-corrected chi connectivity index (χ3v) is 2.92. The molecule has 1 nitrogen and oxygen atoms in total. The van der Waals surface area contributed by atoms with E-state index >= 15 is 0 Å². The molecule has 1 atom stereocenters. The zero-order valence-electron chi connectivity index (χ0n) is 8.47. The number of methoxy groups -OCH3 is 1. The van der Waals surface area contributed by atoms with E-state index in [1.165, 1.54) is 12.1 Å². The molecule has 0 heterocycles. The van der Waals surface area contributed by atoms with Crippen molar-refractivity contribution in [2.45, 2.75) is 18.2 Å². The van der Waals surface area contributed by atoms with Crippen molar-refractivity contribution < 1.29 is 9.13 Å². The maximum Gasteiger partial charge on any atom is 0.126 e. The van der Waals surface area contributed by atoms with Crippen LogP contribution in [0, 0.1) is 5.82 Å². The van der Waals surface area contributed by atoms with Crippen molar-refractivity contribution >= 4 is 17.2 Å². The first-order chi connectivity index (χ1) is 7.20. The first kappa shape index (κ1) is 10.5. The summed E-state index contributed by atoms with van der Waals surface area (Å²) < 4.78 is 18.3. The van der Waals surface area contributed by atoms with Gasteiger partial charge in [0.1, 0.15) is 11.6 Å². The van der Waals surface area contributed by atoms with Gasteiger partial charge in [-0.1, -0.05) is 6.08 Å².